The van der Waals surface area contributed by atoms with E-state index in [1.54, 1.807) is 13.0 Å². The predicted octanol–water partition coefficient (Wildman–Crippen LogP) is 3.30. The van der Waals surface area contributed by atoms with Gasteiger partial charge >= 0.3 is 5.97 Å². The lowest BCUT2D eigenvalue weighted by Gasteiger charge is -2.41. The van der Waals surface area contributed by atoms with Crippen LogP contribution in [-0.2, 0) is 16.0 Å². The summed E-state index contributed by atoms with van der Waals surface area (Å²) < 4.78 is 5.77. The number of aryl methyl sites for hydroxylation is 1. The van der Waals surface area contributed by atoms with E-state index in [0.717, 1.165) is 30.8 Å². The molecule has 3 unspecified atom stereocenters. The molecule has 5 heteroatoms. The van der Waals surface area contributed by atoms with Gasteiger partial charge in [0.05, 0.1) is 5.56 Å². The number of benzene rings is 2. The van der Waals surface area contributed by atoms with E-state index < -0.39 is 11.6 Å². The Bertz CT molecular complexity index is 1020. The predicted molar refractivity (Wildman–Crippen MR) is 111 cm³/mol. The molecule has 0 N–H and O–H groups in total. The van der Waals surface area contributed by atoms with Crippen molar-refractivity contribution in [2.24, 2.45) is 0 Å². The molecule has 0 radical (unpaired) electrons. The van der Waals surface area contributed by atoms with Crippen molar-refractivity contribution in [1.82, 2.24) is 4.90 Å². The summed E-state index contributed by atoms with van der Waals surface area (Å²) in [5, 5.41) is 0. The summed E-state index contributed by atoms with van der Waals surface area (Å²) in [6, 6.07) is 13.9. The molecule has 0 aliphatic carbocycles. The lowest BCUT2D eigenvalue weighted by Crippen LogP contribution is -2.57. The number of esters is 1. The molecule has 5 nitrogen and oxygen atoms in total. The van der Waals surface area contributed by atoms with Crippen LogP contribution in [0.25, 0.3) is 0 Å². The molecule has 2 aromatic rings. The SMILES string of the molecule is Cc1ccc2c(c1)C1CN(C)CCC1N2C(=O)C1(C)Cc2ccccc2C(=O)O1. The Balaban J connectivity index is 1.55. The standard InChI is InChI=1S/C24H26N2O3/c1-15-8-9-20-18(12-15)19-14-25(3)11-10-21(19)26(20)23(28)24(2)13-16-6-4-5-7-17(16)22(27)29-24/h4-9,12,19,21H,10-11,13-14H2,1-3H3. The van der Waals surface area contributed by atoms with E-state index >= 15 is 0 Å². The van der Waals surface area contributed by atoms with Crippen LogP contribution in [0.3, 0.4) is 0 Å². The smallest absolute Gasteiger partial charge is 0.339 e. The minimum Gasteiger partial charge on any atom is -0.445 e. The number of carbonyl (C=O) groups is 2. The topological polar surface area (TPSA) is 49.9 Å². The number of ether oxygens (including phenoxy) is 1. The van der Waals surface area contributed by atoms with Crippen molar-refractivity contribution in [3.05, 3.63) is 64.7 Å². The van der Waals surface area contributed by atoms with Crippen LogP contribution in [0.4, 0.5) is 5.69 Å². The number of fused-ring (bicyclic) bond motifs is 4. The third kappa shape index (κ3) is 2.79. The van der Waals surface area contributed by atoms with Gasteiger partial charge in [0, 0.05) is 30.6 Å². The van der Waals surface area contributed by atoms with E-state index in [2.05, 4.69) is 37.1 Å². The van der Waals surface area contributed by atoms with Gasteiger partial charge < -0.3 is 14.5 Å². The Morgan fingerprint density at radius 1 is 1.21 bits per heavy atom. The van der Waals surface area contributed by atoms with Gasteiger partial charge in [-0.25, -0.2) is 4.79 Å². The maximum atomic E-state index is 13.9. The molecule has 1 fully saturated rings. The van der Waals surface area contributed by atoms with Gasteiger partial charge in [-0.05, 0) is 57.1 Å². The van der Waals surface area contributed by atoms with E-state index in [-0.39, 0.29) is 11.9 Å². The van der Waals surface area contributed by atoms with E-state index in [0.29, 0.717) is 17.9 Å². The Labute approximate surface area is 171 Å². The average molecular weight is 390 g/mol. The van der Waals surface area contributed by atoms with Crippen LogP contribution in [0, 0.1) is 6.92 Å². The normalized spacial score (nSPS) is 28.4. The first-order valence-electron chi connectivity index (χ1n) is 10.3. The molecule has 3 aliphatic rings. The monoisotopic (exact) mass is 390 g/mol. The Morgan fingerprint density at radius 3 is 2.83 bits per heavy atom. The minimum absolute atomic E-state index is 0.109. The summed E-state index contributed by atoms with van der Waals surface area (Å²) in [5.41, 5.74) is 3.67. The van der Waals surface area contributed by atoms with Crippen LogP contribution in [0.15, 0.2) is 42.5 Å². The molecule has 0 aromatic heterocycles. The highest BCUT2D eigenvalue weighted by Gasteiger charge is 2.51. The third-order valence-corrected chi connectivity index (χ3v) is 6.71. The molecule has 3 atom stereocenters. The molecule has 0 saturated carbocycles. The zero-order valence-corrected chi connectivity index (χ0v) is 17.1. The number of rotatable bonds is 1. The minimum atomic E-state index is -1.19. The molecule has 1 amide bonds. The van der Waals surface area contributed by atoms with Gasteiger partial charge in [0.2, 0.25) is 0 Å². The molecule has 3 heterocycles. The van der Waals surface area contributed by atoms with E-state index in [1.807, 2.05) is 23.1 Å². The maximum absolute atomic E-state index is 13.9. The number of nitrogens with zero attached hydrogens (tertiary/aromatic N) is 2. The van der Waals surface area contributed by atoms with Crippen molar-refractivity contribution in [2.75, 3.05) is 25.0 Å². The number of carbonyl (C=O) groups excluding carboxylic acids is 2. The highest BCUT2D eigenvalue weighted by atomic mass is 16.6. The fraction of sp³-hybridized carbons (Fsp3) is 0.417. The lowest BCUT2D eigenvalue weighted by molar-refractivity contribution is -0.137. The number of anilines is 1. The second-order valence-electron chi connectivity index (χ2n) is 8.92. The van der Waals surface area contributed by atoms with Crippen LogP contribution >= 0.6 is 0 Å². The summed E-state index contributed by atoms with van der Waals surface area (Å²) in [4.78, 5) is 30.8. The summed E-state index contributed by atoms with van der Waals surface area (Å²) in [7, 11) is 2.14. The lowest BCUT2D eigenvalue weighted by atomic mass is 9.87. The molecule has 5 rings (SSSR count). The van der Waals surface area contributed by atoms with E-state index in [4.69, 9.17) is 4.74 Å². The molecule has 1 saturated heterocycles. The zero-order chi connectivity index (χ0) is 20.3. The quantitative estimate of drug-likeness (QED) is 0.701. The molecule has 2 aromatic carbocycles. The maximum Gasteiger partial charge on any atom is 0.339 e. The fourth-order valence-electron chi connectivity index (χ4n) is 5.25. The van der Waals surface area contributed by atoms with Crippen molar-refractivity contribution in [3.8, 4) is 0 Å². The number of likely N-dealkylation sites (tertiary alicyclic amines) is 1. The van der Waals surface area contributed by atoms with Gasteiger partial charge in [-0.15, -0.1) is 0 Å². The number of amides is 1. The van der Waals surface area contributed by atoms with Crippen molar-refractivity contribution in [1.29, 1.82) is 0 Å². The van der Waals surface area contributed by atoms with Crippen LogP contribution < -0.4 is 4.90 Å². The molecule has 0 bridgehead atoms. The van der Waals surface area contributed by atoms with Gasteiger partial charge in [0.25, 0.3) is 5.91 Å². The van der Waals surface area contributed by atoms with Crippen LogP contribution in [-0.4, -0.2) is 48.6 Å². The van der Waals surface area contributed by atoms with Gasteiger partial charge in [-0.2, -0.15) is 0 Å². The van der Waals surface area contributed by atoms with Crippen molar-refractivity contribution in [3.63, 3.8) is 0 Å². The second-order valence-corrected chi connectivity index (χ2v) is 8.92. The second kappa shape index (κ2) is 6.42. The third-order valence-electron chi connectivity index (χ3n) is 6.71. The molecule has 150 valence electrons. The number of cyclic esters (lactones) is 1. The average Bonchev–Trinajstić information content (AvgIpc) is 3.00. The summed E-state index contributed by atoms with van der Waals surface area (Å²) in [6.45, 7) is 5.74. The van der Waals surface area contributed by atoms with Crippen molar-refractivity contribution >= 4 is 17.6 Å². The molecule has 29 heavy (non-hydrogen) atoms. The number of piperidine rings is 1. The molecule has 3 aliphatic heterocycles. The Morgan fingerprint density at radius 2 is 2.00 bits per heavy atom. The summed E-state index contributed by atoms with van der Waals surface area (Å²) >= 11 is 0. The van der Waals surface area contributed by atoms with Crippen molar-refractivity contribution < 1.29 is 14.3 Å². The molecular weight excluding hydrogens is 364 g/mol. The fourth-order valence-corrected chi connectivity index (χ4v) is 5.25. The number of likely N-dealkylation sites (N-methyl/N-ethyl adjacent to an activating group) is 1. The van der Waals surface area contributed by atoms with Gasteiger partial charge in [-0.1, -0.05) is 35.9 Å². The summed E-state index contributed by atoms with van der Waals surface area (Å²) in [6.07, 6.45) is 1.32. The van der Waals surface area contributed by atoms with Crippen LogP contribution in [0.1, 0.15) is 46.3 Å². The first kappa shape index (κ1) is 18.4. The van der Waals surface area contributed by atoms with E-state index in [9.17, 15) is 9.59 Å². The van der Waals surface area contributed by atoms with Gasteiger partial charge in [0.15, 0.2) is 5.60 Å². The molecular formula is C24H26N2O3. The first-order valence-corrected chi connectivity index (χ1v) is 10.3. The number of hydrogen-bond donors (Lipinski definition) is 0. The summed E-state index contributed by atoms with van der Waals surface area (Å²) in [5.74, 6) is -0.226. The van der Waals surface area contributed by atoms with Gasteiger partial charge in [0.1, 0.15) is 0 Å². The van der Waals surface area contributed by atoms with Crippen molar-refractivity contribution in [2.45, 2.75) is 44.2 Å². The van der Waals surface area contributed by atoms with E-state index in [1.165, 1.54) is 11.1 Å². The van der Waals surface area contributed by atoms with Crippen LogP contribution in [0.2, 0.25) is 0 Å². The first-order chi connectivity index (χ1) is 13.9. The molecule has 0 spiro atoms. The highest BCUT2D eigenvalue weighted by Crippen LogP contribution is 2.46. The Hall–Kier alpha value is -2.66. The van der Waals surface area contributed by atoms with Gasteiger partial charge in [-0.3, -0.25) is 4.79 Å². The Kier molecular flexibility index (Phi) is 4.07. The zero-order valence-electron chi connectivity index (χ0n) is 17.1. The number of hydrogen-bond acceptors (Lipinski definition) is 4. The van der Waals surface area contributed by atoms with Crippen LogP contribution in [0.5, 0.6) is 0 Å². The largest absolute Gasteiger partial charge is 0.445 e. The highest BCUT2D eigenvalue weighted by molar-refractivity contribution is 6.05.